The van der Waals surface area contributed by atoms with Crippen LogP contribution in [0.25, 0.3) is 10.1 Å². The number of aromatic nitrogens is 4. The quantitative estimate of drug-likeness (QED) is 0.726. The number of H-pyrrole nitrogens is 1. The third kappa shape index (κ3) is 1.57. The molecule has 0 aliphatic heterocycles. The number of aromatic amines is 1. The van der Waals surface area contributed by atoms with Crippen molar-refractivity contribution in [3.8, 4) is 0 Å². The average molecular weight is 251 g/mol. The second-order valence-corrected chi connectivity index (χ2v) is 4.82. The molecule has 0 saturated heterocycles. The van der Waals surface area contributed by atoms with Crippen molar-refractivity contribution in [2.24, 2.45) is 0 Å². The highest BCUT2D eigenvalue weighted by Crippen LogP contribution is 2.28. The molecule has 0 spiro atoms. The monoisotopic (exact) mass is 251 g/mol. The number of nitrogens with zero attached hydrogens (tertiary/aromatic N) is 3. The Morgan fingerprint density at radius 1 is 1.44 bits per heavy atom. The number of rotatable bonds is 2. The molecule has 0 fully saturated rings. The number of amides is 1. The average Bonchev–Trinajstić information content (AvgIpc) is 2.91. The summed E-state index contributed by atoms with van der Waals surface area (Å²) < 4.78 is 1.11. The third-order valence-corrected chi connectivity index (χ3v) is 3.96. The van der Waals surface area contributed by atoms with E-state index < -0.39 is 0 Å². The van der Waals surface area contributed by atoms with Crippen molar-refractivity contribution in [1.29, 1.82) is 0 Å². The zero-order valence-corrected chi connectivity index (χ0v) is 9.43. The number of fused-ring (bicyclic) bond motifs is 1. The molecule has 3 aromatic rings. The fraction of sp³-hybridized carbons (Fsp3) is 0. The Hall–Kier alpha value is -1.80. The van der Waals surface area contributed by atoms with Crippen LogP contribution in [0.15, 0.2) is 16.8 Å². The Labute approximate surface area is 97.3 Å². The molecule has 0 radical (unpaired) electrons. The topological polar surface area (TPSA) is 83.6 Å². The molecule has 6 nitrogen and oxygen atoms in total. The summed E-state index contributed by atoms with van der Waals surface area (Å²) in [7, 11) is 0. The van der Waals surface area contributed by atoms with Gasteiger partial charge in [-0.25, -0.2) is 0 Å². The van der Waals surface area contributed by atoms with Crippen LogP contribution < -0.4 is 5.32 Å². The highest BCUT2D eigenvalue weighted by atomic mass is 32.1. The maximum absolute atomic E-state index is 11.8. The van der Waals surface area contributed by atoms with Crippen LogP contribution in [-0.4, -0.2) is 26.5 Å². The molecule has 3 rings (SSSR count). The summed E-state index contributed by atoms with van der Waals surface area (Å²) in [6.07, 6.45) is 0. The van der Waals surface area contributed by atoms with E-state index in [0.717, 1.165) is 10.1 Å². The van der Waals surface area contributed by atoms with Crippen molar-refractivity contribution in [2.45, 2.75) is 0 Å². The maximum Gasteiger partial charge on any atom is 0.270 e. The normalized spacial score (nSPS) is 10.8. The minimum atomic E-state index is -0.215. The van der Waals surface area contributed by atoms with E-state index in [2.05, 4.69) is 25.9 Å². The van der Waals surface area contributed by atoms with Crippen LogP contribution in [0, 0.1) is 0 Å². The van der Waals surface area contributed by atoms with Crippen LogP contribution in [-0.2, 0) is 0 Å². The smallest absolute Gasteiger partial charge is 0.270 e. The Balaban J connectivity index is 1.87. The van der Waals surface area contributed by atoms with E-state index in [-0.39, 0.29) is 11.9 Å². The molecule has 0 unspecified atom stereocenters. The first-order valence-electron chi connectivity index (χ1n) is 4.33. The van der Waals surface area contributed by atoms with Gasteiger partial charge in [0.1, 0.15) is 0 Å². The van der Waals surface area contributed by atoms with Gasteiger partial charge in [0.25, 0.3) is 11.9 Å². The van der Waals surface area contributed by atoms with Crippen molar-refractivity contribution in [3.63, 3.8) is 0 Å². The van der Waals surface area contributed by atoms with E-state index >= 15 is 0 Å². The first-order valence-corrected chi connectivity index (χ1v) is 6.09. The van der Waals surface area contributed by atoms with Gasteiger partial charge in [-0.1, -0.05) is 5.10 Å². The summed E-state index contributed by atoms with van der Waals surface area (Å²) in [5.74, 6) is -0.0338. The van der Waals surface area contributed by atoms with E-state index in [4.69, 9.17) is 0 Å². The van der Waals surface area contributed by atoms with Gasteiger partial charge >= 0.3 is 0 Å². The van der Waals surface area contributed by atoms with E-state index in [1.165, 1.54) is 11.3 Å². The lowest BCUT2D eigenvalue weighted by Gasteiger charge is -1.94. The molecular formula is C8H5N5OS2. The highest BCUT2D eigenvalue weighted by molar-refractivity contribution is 7.24. The summed E-state index contributed by atoms with van der Waals surface area (Å²) in [5, 5.41) is 20.6. The second-order valence-electron chi connectivity index (χ2n) is 2.99. The van der Waals surface area contributed by atoms with Crippen LogP contribution in [0.4, 0.5) is 5.95 Å². The number of hydrogen-bond donors (Lipinski definition) is 2. The van der Waals surface area contributed by atoms with Gasteiger partial charge in [0, 0.05) is 15.5 Å². The predicted octanol–water partition coefficient (Wildman–Crippen LogP) is 1.73. The standard InChI is InChI=1S/C8H5N5OS2/c14-7(9-8-10-12-13-11-8)5-1-4-2-15-3-6(4)16-5/h1-3H,(H2,9,10,11,12,13,14). The van der Waals surface area contributed by atoms with E-state index in [9.17, 15) is 4.79 Å². The summed E-state index contributed by atoms with van der Waals surface area (Å²) in [6, 6.07) is 1.85. The number of hydrogen-bond acceptors (Lipinski definition) is 6. The first-order chi connectivity index (χ1) is 7.83. The highest BCUT2D eigenvalue weighted by Gasteiger charge is 2.12. The summed E-state index contributed by atoms with van der Waals surface area (Å²) in [5.41, 5.74) is 0. The van der Waals surface area contributed by atoms with Gasteiger partial charge in [0.2, 0.25) is 0 Å². The minimum Gasteiger partial charge on any atom is -0.287 e. The molecule has 2 N–H and O–H groups in total. The van der Waals surface area contributed by atoms with Crippen molar-refractivity contribution in [1.82, 2.24) is 20.6 Å². The molecule has 0 aromatic carbocycles. The third-order valence-electron chi connectivity index (χ3n) is 1.96. The summed E-state index contributed by atoms with van der Waals surface area (Å²) >= 11 is 3.07. The molecule has 0 aliphatic rings. The van der Waals surface area contributed by atoms with Crippen LogP contribution in [0.2, 0.25) is 0 Å². The molecule has 16 heavy (non-hydrogen) atoms. The molecule has 80 valence electrons. The Kier molecular flexibility index (Phi) is 2.15. The fourth-order valence-corrected chi connectivity index (χ4v) is 3.17. The van der Waals surface area contributed by atoms with Crippen molar-refractivity contribution < 1.29 is 4.79 Å². The summed E-state index contributed by atoms with van der Waals surface area (Å²) in [4.78, 5) is 12.4. The van der Waals surface area contributed by atoms with Crippen LogP contribution in [0.3, 0.4) is 0 Å². The predicted molar refractivity (Wildman–Crippen MR) is 61.8 cm³/mol. The zero-order valence-electron chi connectivity index (χ0n) is 7.80. The number of carbonyl (C=O) groups is 1. The number of thiophene rings is 2. The lowest BCUT2D eigenvalue weighted by atomic mass is 10.3. The van der Waals surface area contributed by atoms with Gasteiger partial charge in [0.15, 0.2) is 0 Å². The Morgan fingerprint density at radius 2 is 2.38 bits per heavy atom. The number of tetrazole rings is 1. The first kappa shape index (κ1) is 9.43. The molecule has 1 amide bonds. The Bertz CT molecular complexity index is 597. The Morgan fingerprint density at radius 3 is 3.12 bits per heavy atom. The van der Waals surface area contributed by atoms with Crippen molar-refractivity contribution in [3.05, 3.63) is 21.7 Å². The number of nitrogens with one attached hydrogen (secondary N) is 2. The molecule has 0 atom stereocenters. The minimum absolute atomic E-state index is 0.181. The van der Waals surface area contributed by atoms with Gasteiger partial charge in [-0.2, -0.15) is 16.6 Å². The largest absolute Gasteiger partial charge is 0.287 e. The molecular weight excluding hydrogens is 246 g/mol. The van der Waals surface area contributed by atoms with E-state index in [1.54, 1.807) is 11.3 Å². The molecule has 0 bridgehead atoms. The van der Waals surface area contributed by atoms with Crippen molar-refractivity contribution >= 4 is 44.6 Å². The van der Waals surface area contributed by atoms with E-state index in [0.29, 0.717) is 4.88 Å². The van der Waals surface area contributed by atoms with Gasteiger partial charge in [0.05, 0.1) is 4.88 Å². The SMILES string of the molecule is O=C(Nc1nn[nH]n1)c1cc2cscc2s1. The summed E-state index contributed by atoms with van der Waals surface area (Å²) in [6.45, 7) is 0. The van der Waals surface area contributed by atoms with E-state index in [1.807, 2.05) is 16.8 Å². The second kappa shape index (κ2) is 3.65. The lowest BCUT2D eigenvalue weighted by molar-refractivity contribution is 0.102. The van der Waals surface area contributed by atoms with Gasteiger partial charge in [-0.05, 0) is 16.7 Å². The van der Waals surface area contributed by atoms with Gasteiger partial charge < -0.3 is 0 Å². The van der Waals surface area contributed by atoms with Gasteiger partial charge in [-0.15, -0.1) is 16.4 Å². The maximum atomic E-state index is 11.8. The van der Waals surface area contributed by atoms with Crippen LogP contribution in [0.5, 0.6) is 0 Å². The number of anilines is 1. The number of carbonyl (C=O) groups excluding carboxylic acids is 1. The zero-order chi connectivity index (χ0) is 11.0. The van der Waals surface area contributed by atoms with Crippen LogP contribution >= 0.6 is 22.7 Å². The lowest BCUT2D eigenvalue weighted by Crippen LogP contribution is -2.11. The molecule has 0 saturated carbocycles. The molecule has 0 aliphatic carbocycles. The molecule has 8 heteroatoms. The van der Waals surface area contributed by atoms with Crippen LogP contribution in [0.1, 0.15) is 9.67 Å². The molecule has 3 aromatic heterocycles. The fourth-order valence-electron chi connectivity index (χ4n) is 1.26. The van der Waals surface area contributed by atoms with Crippen molar-refractivity contribution in [2.75, 3.05) is 5.32 Å². The van der Waals surface area contributed by atoms with Gasteiger partial charge in [-0.3, -0.25) is 10.1 Å². The molecule has 3 heterocycles.